The summed E-state index contributed by atoms with van der Waals surface area (Å²) in [6.07, 6.45) is 0.742. The number of aromatic nitrogens is 2. The Labute approximate surface area is 119 Å². The Bertz CT molecular complexity index is 574. The first-order chi connectivity index (χ1) is 8.89. The fourth-order valence-corrected chi connectivity index (χ4v) is 4.91. The number of anilines is 1. The number of urea groups is 1. The molecule has 1 aromatic rings. The lowest BCUT2D eigenvalue weighted by atomic mass is 10.2. The van der Waals surface area contributed by atoms with Gasteiger partial charge in [0.1, 0.15) is 5.01 Å². The van der Waals surface area contributed by atoms with Gasteiger partial charge in [0, 0.05) is 0 Å². The van der Waals surface area contributed by atoms with Crippen molar-refractivity contribution in [1.82, 2.24) is 15.5 Å². The van der Waals surface area contributed by atoms with Gasteiger partial charge in [-0.05, 0) is 6.42 Å². The second-order valence-electron chi connectivity index (χ2n) is 4.15. The van der Waals surface area contributed by atoms with Crippen molar-refractivity contribution < 1.29 is 13.2 Å². The molecule has 19 heavy (non-hydrogen) atoms. The molecule has 106 valence electrons. The van der Waals surface area contributed by atoms with Crippen LogP contribution in [0.15, 0.2) is 0 Å². The van der Waals surface area contributed by atoms with Crippen LogP contribution in [0.5, 0.6) is 0 Å². The van der Waals surface area contributed by atoms with E-state index in [2.05, 4.69) is 20.8 Å². The number of rotatable bonds is 3. The number of alkyl halides is 1. The first kappa shape index (κ1) is 14.5. The van der Waals surface area contributed by atoms with Crippen molar-refractivity contribution in [2.24, 2.45) is 0 Å². The molecular weight excluding hydrogens is 312 g/mol. The summed E-state index contributed by atoms with van der Waals surface area (Å²) in [7, 11) is -3.16. The van der Waals surface area contributed by atoms with Crippen LogP contribution in [0.3, 0.4) is 0 Å². The number of hydrogen-bond donors (Lipinski definition) is 2. The van der Waals surface area contributed by atoms with E-state index >= 15 is 0 Å². The number of aryl methyl sites for hydroxylation is 1. The quantitative estimate of drug-likeness (QED) is 0.794. The Kier molecular flexibility index (Phi) is 4.26. The molecule has 7 nitrogen and oxygen atoms in total. The molecule has 0 saturated carbocycles. The number of sulfone groups is 1. The second-order valence-corrected chi connectivity index (χ2v) is 7.93. The normalized spacial score (nSPS) is 25.2. The van der Waals surface area contributed by atoms with Crippen LogP contribution in [0.1, 0.15) is 11.9 Å². The number of halogens is 1. The average Bonchev–Trinajstić information content (AvgIpc) is 2.83. The van der Waals surface area contributed by atoms with Gasteiger partial charge in [-0.25, -0.2) is 13.2 Å². The Morgan fingerprint density at radius 3 is 2.74 bits per heavy atom. The zero-order chi connectivity index (χ0) is 14.0. The highest BCUT2D eigenvalue weighted by Crippen LogP contribution is 2.19. The van der Waals surface area contributed by atoms with Gasteiger partial charge in [0.25, 0.3) is 0 Å². The molecule has 1 saturated heterocycles. The number of nitrogens with one attached hydrogen (secondary N) is 2. The minimum atomic E-state index is -3.16. The van der Waals surface area contributed by atoms with Crippen molar-refractivity contribution in [1.29, 1.82) is 0 Å². The number of amides is 2. The number of hydrogen-bond acceptors (Lipinski definition) is 6. The van der Waals surface area contributed by atoms with E-state index in [1.165, 1.54) is 11.3 Å². The molecule has 2 N–H and O–H groups in total. The summed E-state index contributed by atoms with van der Waals surface area (Å²) in [5.41, 5.74) is 0. The molecule has 1 aromatic heterocycles. The van der Waals surface area contributed by atoms with Gasteiger partial charge in [-0.15, -0.1) is 21.8 Å². The first-order valence-corrected chi connectivity index (χ1v) is 8.71. The van der Waals surface area contributed by atoms with Crippen molar-refractivity contribution in [2.75, 3.05) is 16.8 Å². The molecule has 0 aromatic carbocycles. The third kappa shape index (κ3) is 3.77. The van der Waals surface area contributed by atoms with E-state index in [-0.39, 0.29) is 11.5 Å². The fourth-order valence-electron chi connectivity index (χ4n) is 1.69. The summed E-state index contributed by atoms with van der Waals surface area (Å²) < 4.78 is 22.7. The standard InChI is InChI=1S/C9H13ClN4O3S2/c1-2-7-13-14-9(18-7)12-8(15)11-6-4-19(16,17)3-5(6)10/h5-6H,2-4H2,1H3,(H2,11,12,14,15)/t5-,6+/m0/s1. The van der Waals surface area contributed by atoms with Gasteiger partial charge in [0.15, 0.2) is 9.84 Å². The first-order valence-electron chi connectivity index (χ1n) is 5.64. The maximum absolute atomic E-state index is 11.7. The van der Waals surface area contributed by atoms with Gasteiger partial charge in [-0.2, -0.15) is 0 Å². The largest absolute Gasteiger partial charge is 0.333 e. The number of nitrogens with zero attached hydrogens (tertiary/aromatic N) is 2. The van der Waals surface area contributed by atoms with Crippen LogP contribution < -0.4 is 10.6 Å². The van der Waals surface area contributed by atoms with Crippen LogP contribution >= 0.6 is 22.9 Å². The van der Waals surface area contributed by atoms with Crippen molar-refractivity contribution >= 4 is 43.9 Å². The highest BCUT2D eigenvalue weighted by molar-refractivity contribution is 7.91. The Morgan fingerprint density at radius 2 is 2.21 bits per heavy atom. The Morgan fingerprint density at radius 1 is 1.47 bits per heavy atom. The summed E-state index contributed by atoms with van der Waals surface area (Å²) in [6, 6.07) is -1.10. The van der Waals surface area contributed by atoms with E-state index in [1.54, 1.807) is 0 Å². The van der Waals surface area contributed by atoms with E-state index < -0.39 is 27.3 Å². The number of carbonyl (C=O) groups excluding carboxylic acids is 1. The molecule has 0 spiro atoms. The molecule has 1 aliphatic heterocycles. The molecule has 2 amide bonds. The topological polar surface area (TPSA) is 101 Å². The number of carbonyl (C=O) groups is 1. The van der Waals surface area contributed by atoms with Crippen molar-refractivity contribution in [3.05, 3.63) is 5.01 Å². The van der Waals surface area contributed by atoms with Crippen molar-refractivity contribution in [3.63, 3.8) is 0 Å². The minimum Gasteiger partial charge on any atom is -0.333 e. The molecule has 0 radical (unpaired) electrons. The van der Waals surface area contributed by atoms with Crippen LogP contribution in [0, 0.1) is 0 Å². The lowest BCUT2D eigenvalue weighted by molar-refractivity contribution is 0.249. The minimum absolute atomic E-state index is 0.113. The lowest BCUT2D eigenvalue weighted by Gasteiger charge is -2.13. The van der Waals surface area contributed by atoms with E-state index in [1.807, 2.05) is 6.92 Å². The van der Waals surface area contributed by atoms with E-state index in [0.717, 1.165) is 11.4 Å². The fraction of sp³-hybridized carbons (Fsp3) is 0.667. The third-order valence-electron chi connectivity index (χ3n) is 2.59. The smallest absolute Gasteiger partial charge is 0.321 e. The van der Waals surface area contributed by atoms with E-state index in [9.17, 15) is 13.2 Å². The molecule has 0 unspecified atom stereocenters. The van der Waals surface area contributed by atoms with Crippen molar-refractivity contribution in [3.8, 4) is 0 Å². The lowest BCUT2D eigenvalue weighted by Crippen LogP contribution is -2.42. The van der Waals surface area contributed by atoms with Crippen LogP contribution in [-0.2, 0) is 16.3 Å². The monoisotopic (exact) mass is 324 g/mol. The maximum atomic E-state index is 11.7. The molecule has 10 heteroatoms. The summed E-state index contributed by atoms with van der Waals surface area (Å²) in [6.45, 7) is 1.94. The maximum Gasteiger partial charge on any atom is 0.321 e. The molecule has 1 aliphatic rings. The van der Waals surface area contributed by atoms with Crippen LogP contribution in [0.4, 0.5) is 9.93 Å². The summed E-state index contributed by atoms with van der Waals surface area (Å²) in [5, 5.41) is 13.3. The molecule has 2 heterocycles. The van der Waals surface area contributed by atoms with Gasteiger partial charge in [0.2, 0.25) is 5.13 Å². The summed E-state index contributed by atoms with van der Waals surface area (Å²) >= 11 is 7.16. The third-order valence-corrected chi connectivity index (χ3v) is 5.95. The molecule has 2 atom stereocenters. The second kappa shape index (κ2) is 5.59. The molecule has 1 fully saturated rings. The predicted octanol–water partition coefficient (Wildman–Crippen LogP) is 0.626. The van der Waals surface area contributed by atoms with Crippen LogP contribution in [0.2, 0.25) is 0 Å². The van der Waals surface area contributed by atoms with Gasteiger partial charge in [0.05, 0.1) is 22.9 Å². The van der Waals surface area contributed by atoms with E-state index in [4.69, 9.17) is 11.6 Å². The zero-order valence-corrected chi connectivity index (χ0v) is 12.5. The van der Waals surface area contributed by atoms with E-state index in [0.29, 0.717) is 5.13 Å². The predicted molar refractivity (Wildman–Crippen MR) is 73.5 cm³/mol. The molecule has 0 bridgehead atoms. The molecule has 0 aliphatic carbocycles. The molecule has 2 rings (SSSR count). The highest BCUT2D eigenvalue weighted by atomic mass is 35.5. The highest BCUT2D eigenvalue weighted by Gasteiger charge is 2.37. The summed E-state index contributed by atoms with van der Waals surface area (Å²) in [5.74, 6) is -0.247. The van der Waals surface area contributed by atoms with Gasteiger partial charge in [-0.1, -0.05) is 18.3 Å². The van der Waals surface area contributed by atoms with Gasteiger partial charge >= 0.3 is 6.03 Å². The Hall–Kier alpha value is -0.930. The zero-order valence-electron chi connectivity index (χ0n) is 10.1. The Balaban J connectivity index is 1.91. The van der Waals surface area contributed by atoms with Crippen molar-refractivity contribution in [2.45, 2.75) is 24.8 Å². The van der Waals surface area contributed by atoms with Crippen LogP contribution in [-0.4, -0.2) is 47.6 Å². The molecular formula is C9H13ClN4O3S2. The van der Waals surface area contributed by atoms with Gasteiger partial charge in [-0.3, -0.25) is 5.32 Å². The average molecular weight is 325 g/mol. The van der Waals surface area contributed by atoms with Crippen LogP contribution in [0.25, 0.3) is 0 Å². The summed E-state index contributed by atoms with van der Waals surface area (Å²) in [4.78, 5) is 11.7. The SMILES string of the molecule is CCc1nnc(NC(=O)N[C@@H]2CS(=O)(=O)C[C@@H]2Cl)s1. The van der Waals surface area contributed by atoms with Gasteiger partial charge < -0.3 is 5.32 Å².